The maximum Gasteiger partial charge on any atom is 0.114 e. The Kier molecular flexibility index (Phi) is 3.32. The number of hydrogen-bond acceptors (Lipinski definition) is 0. The van der Waals surface area contributed by atoms with Gasteiger partial charge in [-0.3, -0.25) is 0 Å². The Morgan fingerprint density at radius 2 is 1.60 bits per heavy atom. The molecule has 0 atom stereocenters. The maximum absolute atomic E-state index is 5.94. The van der Waals surface area contributed by atoms with Gasteiger partial charge in [0, 0.05) is 8.95 Å². The molecule has 0 amide bonds. The van der Waals surface area contributed by atoms with E-state index in [0.29, 0.717) is 0 Å². The van der Waals surface area contributed by atoms with Crippen LogP contribution in [0, 0.1) is 0 Å². The molecule has 0 unspecified atom stereocenters. The van der Waals surface area contributed by atoms with Gasteiger partial charge in [-0.1, -0.05) is 61.6 Å². The van der Waals surface area contributed by atoms with Crippen molar-refractivity contribution in [3.8, 4) is 11.1 Å². The van der Waals surface area contributed by atoms with E-state index in [1.54, 1.807) is 0 Å². The predicted molar refractivity (Wildman–Crippen MR) is 72.7 cm³/mol. The van der Waals surface area contributed by atoms with Crippen molar-refractivity contribution in [1.29, 1.82) is 0 Å². The van der Waals surface area contributed by atoms with Crippen LogP contribution in [0.25, 0.3) is 11.1 Å². The van der Waals surface area contributed by atoms with Crippen molar-refractivity contribution in [3.05, 3.63) is 51.4 Å². The highest BCUT2D eigenvalue weighted by Gasteiger charge is 2.05. The molecule has 0 N–H and O–H groups in total. The Morgan fingerprint density at radius 3 is 2.33 bits per heavy atom. The first-order valence-corrected chi connectivity index (χ1v) is 6.07. The molecule has 2 aromatic carbocycles. The third kappa shape index (κ3) is 2.35. The SMILES string of the molecule is [B]c1ccccc1-c1cc(Br)ccc1Br. The summed E-state index contributed by atoms with van der Waals surface area (Å²) in [7, 11) is 5.94. The monoisotopic (exact) mass is 320 g/mol. The van der Waals surface area contributed by atoms with E-state index in [1.165, 1.54) is 0 Å². The van der Waals surface area contributed by atoms with Gasteiger partial charge in [-0.25, -0.2) is 0 Å². The van der Waals surface area contributed by atoms with Crippen molar-refractivity contribution in [1.82, 2.24) is 0 Å². The summed E-state index contributed by atoms with van der Waals surface area (Å²) in [5, 5.41) is 0. The molecular weight excluding hydrogens is 315 g/mol. The van der Waals surface area contributed by atoms with Crippen LogP contribution in [-0.4, -0.2) is 7.85 Å². The molecule has 0 aliphatic heterocycles. The molecule has 0 nitrogen and oxygen atoms in total. The van der Waals surface area contributed by atoms with Gasteiger partial charge in [0.2, 0.25) is 0 Å². The standard InChI is InChI=1S/C12H7BBr2/c13-11-4-2-1-3-9(11)10-7-8(14)5-6-12(10)15/h1-7H. The molecule has 0 fully saturated rings. The van der Waals surface area contributed by atoms with Crippen molar-refractivity contribution in [2.75, 3.05) is 0 Å². The van der Waals surface area contributed by atoms with Crippen molar-refractivity contribution < 1.29 is 0 Å². The third-order valence-corrected chi connectivity index (χ3v) is 3.36. The van der Waals surface area contributed by atoms with Crippen LogP contribution in [0.2, 0.25) is 0 Å². The summed E-state index contributed by atoms with van der Waals surface area (Å²) in [5.41, 5.74) is 2.93. The first kappa shape index (κ1) is 11.0. The topological polar surface area (TPSA) is 0 Å². The lowest BCUT2D eigenvalue weighted by atomic mass is 9.87. The van der Waals surface area contributed by atoms with E-state index >= 15 is 0 Å². The molecule has 0 aliphatic carbocycles. The Labute approximate surface area is 107 Å². The van der Waals surface area contributed by atoms with Crippen molar-refractivity contribution in [2.24, 2.45) is 0 Å². The van der Waals surface area contributed by atoms with Crippen LogP contribution in [0.15, 0.2) is 51.4 Å². The van der Waals surface area contributed by atoms with E-state index in [1.807, 2.05) is 36.4 Å². The summed E-state index contributed by atoms with van der Waals surface area (Å²) in [6.07, 6.45) is 0. The lowest BCUT2D eigenvalue weighted by Gasteiger charge is -2.08. The number of benzene rings is 2. The molecule has 72 valence electrons. The van der Waals surface area contributed by atoms with E-state index in [-0.39, 0.29) is 0 Å². The van der Waals surface area contributed by atoms with E-state index in [4.69, 9.17) is 7.85 Å². The quantitative estimate of drug-likeness (QED) is 0.703. The normalized spacial score (nSPS) is 10.3. The molecule has 0 spiro atoms. The predicted octanol–water partition coefficient (Wildman–Crippen LogP) is 3.67. The largest absolute Gasteiger partial charge is 0.114 e. The Morgan fingerprint density at radius 1 is 0.867 bits per heavy atom. The van der Waals surface area contributed by atoms with Gasteiger partial charge in [0.15, 0.2) is 0 Å². The summed E-state index contributed by atoms with van der Waals surface area (Å²) < 4.78 is 2.09. The van der Waals surface area contributed by atoms with E-state index < -0.39 is 0 Å². The van der Waals surface area contributed by atoms with Gasteiger partial charge in [-0.05, 0) is 29.3 Å². The highest BCUT2D eigenvalue weighted by atomic mass is 79.9. The second-order valence-corrected chi connectivity index (χ2v) is 4.98. The van der Waals surface area contributed by atoms with Crippen LogP contribution in [0.1, 0.15) is 0 Å². The zero-order valence-corrected chi connectivity index (χ0v) is 11.0. The zero-order valence-electron chi connectivity index (χ0n) is 7.87. The molecule has 0 saturated carbocycles. The first-order valence-electron chi connectivity index (χ1n) is 4.48. The second-order valence-electron chi connectivity index (χ2n) is 3.21. The lowest BCUT2D eigenvalue weighted by Crippen LogP contribution is -2.05. The smallest absolute Gasteiger partial charge is 0.0889 e. The number of hydrogen-bond donors (Lipinski definition) is 0. The fraction of sp³-hybridized carbons (Fsp3) is 0. The van der Waals surface area contributed by atoms with E-state index in [0.717, 1.165) is 25.5 Å². The summed E-state index contributed by atoms with van der Waals surface area (Å²) in [6, 6.07) is 13.9. The number of rotatable bonds is 1. The summed E-state index contributed by atoms with van der Waals surface area (Å²) in [4.78, 5) is 0. The van der Waals surface area contributed by atoms with Crippen LogP contribution >= 0.6 is 31.9 Å². The molecule has 0 aliphatic rings. The Bertz CT molecular complexity index is 495. The average molecular weight is 322 g/mol. The molecule has 0 aromatic heterocycles. The minimum atomic E-state index is 0.788. The summed E-state index contributed by atoms with van der Waals surface area (Å²) >= 11 is 6.98. The van der Waals surface area contributed by atoms with Crippen LogP contribution < -0.4 is 5.46 Å². The van der Waals surface area contributed by atoms with Crippen molar-refractivity contribution in [2.45, 2.75) is 0 Å². The Hall–Kier alpha value is -0.535. The average Bonchev–Trinajstić information content (AvgIpc) is 2.23. The van der Waals surface area contributed by atoms with Crippen LogP contribution in [0.5, 0.6) is 0 Å². The number of halogens is 2. The first-order chi connectivity index (χ1) is 7.18. The van der Waals surface area contributed by atoms with Crippen molar-refractivity contribution >= 4 is 45.2 Å². The van der Waals surface area contributed by atoms with Crippen molar-refractivity contribution in [3.63, 3.8) is 0 Å². The van der Waals surface area contributed by atoms with Gasteiger partial charge in [-0.2, -0.15) is 0 Å². The van der Waals surface area contributed by atoms with Gasteiger partial charge >= 0.3 is 0 Å². The molecule has 15 heavy (non-hydrogen) atoms. The van der Waals surface area contributed by atoms with Gasteiger partial charge in [0.25, 0.3) is 0 Å². The zero-order chi connectivity index (χ0) is 10.8. The molecule has 0 heterocycles. The van der Waals surface area contributed by atoms with Crippen LogP contribution in [0.3, 0.4) is 0 Å². The molecule has 3 heteroatoms. The minimum absolute atomic E-state index is 0.788. The highest BCUT2D eigenvalue weighted by molar-refractivity contribution is 9.11. The molecular formula is C12H7BBr2. The maximum atomic E-state index is 5.94. The Balaban J connectivity index is 2.64. The van der Waals surface area contributed by atoms with Gasteiger partial charge < -0.3 is 0 Å². The summed E-state index contributed by atoms with van der Waals surface area (Å²) in [6.45, 7) is 0. The van der Waals surface area contributed by atoms with Gasteiger partial charge in [0.05, 0.1) is 0 Å². The molecule has 0 bridgehead atoms. The fourth-order valence-electron chi connectivity index (χ4n) is 1.45. The summed E-state index contributed by atoms with van der Waals surface area (Å²) in [5.74, 6) is 0. The third-order valence-electron chi connectivity index (χ3n) is 2.18. The fourth-order valence-corrected chi connectivity index (χ4v) is 2.27. The van der Waals surface area contributed by atoms with Crippen LogP contribution in [-0.2, 0) is 0 Å². The molecule has 2 aromatic rings. The minimum Gasteiger partial charge on any atom is -0.0889 e. The highest BCUT2D eigenvalue weighted by Crippen LogP contribution is 2.29. The van der Waals surface area contributed by atoms with Gasteiger partial charge in [0.1, 0.15) is 7.85 Å². The van der Waals surface area contributed by atoms with E-state index in [2.05, 4.69) is 37.9 Å². The molecule has 2 radical (unpaired) electrons. The van der Waals surface area contributed by atoms with Crippen LogP contribution in [0.4, 0.5) is 0 Å². The van der Waals surface area contributed by atoms with E-state index in [9.17, 15) is 0 Å². The molecule has 0 saturated heterocycles. The molecule has 2 rings (SSSR count). The van der Waals surface area contributed by atoms with Gasteiger partial charge in [-0.15, -0.1) is 0 Å². The second kappa shape index (κ2) is 4.54. The lowest BCUT2D eigenvalue weighted by molar-refractivity contribution is 1.57.